The molecule has 19 heavy (non-hydrogen) atoms. The van der Waals surface area contributed by atoms with E-state index in [1.807, 2.05) is 0 Å². The van der Waals surface area contributed by atoms with Gasteiger partial charge in [0.25, 0.3) is 0 Å². The molecule has 1 aromatic carbocycles. The highest BCUT2D eigenvalue weighted by Gasteiger charge is 2.11. The molecule has 0 aromatic heterocycles. The van der Waals surface area contributed by atoms with Crippen molar-refractivity contribution >= 4 is 12.0 Å². The van der Waals surface area contributed by atoms with Crippen molar-refractivity contribution in [1.82, 2.24) is 0 Å². The highest BCUT2D eigenvalue weighted by Crippen LogP contribution is 2.34. The second-order valence-electron chi connectivity index (χ2n) is 3.53. The maximum absolute atomic E-state index is 11.3. The number of carbonyl (C=O) groups excluding carboxylic acids is 1. The van der Waals surface area contributed by atoms with Gasteiger partial charge in [0, 0.05) is 18.2 Å². The van der Waals surface area contributed by atoms with Crippen molar-refractivity contribution in [3.05, 3.63) is 23.8 Å². The Bertz CT molecular complexity index is 440. The smallest absolute Gasteiger partial charge is 0.330 e. The Morgan fingerprint density at radius 2 is 1.68 bits per heavy atom. The zero-order valence-corrected chi connectivity index (χ0v) is 11.6. The van der Waals surface area contributed by atoms with E-state index >= 15 is 0 Å². The summed E-state index contributed by atoms with van der Waals surface area (Å²) in [6.07, 6.45) is 2.92. The van der Waals surface area contributed by atoms with Gasteiger partial charge in [0.15, 0.2) is 0 Å². The standard InChI is InChI=1S/C14H18O5/c1-5-19-14(15)7-6-11-12(17-3)8-10(16-2)9-13(11)18-4/h6-9H,5H2,1-4H3/b7-6-. The summed E-state index contributed by atoms with van der Waals surface area (Å²) in [6.45, 7) is 2.08. The van der Waals surface area contributed by atoms with Crippen LogP contribution in [0.4, 0.5) is 0 Å². The first-order valence-electron chi connectivity index (χ1n) is 5.81. The summed E-state index contributed by atoms with van der Waals surface area (Å²) in [4.78, 5) is 11.3. The molecule has 1 aromatic rings. The number of ether oxygens (including phenoxy) is 4. The van der Waals surface area contributed by atoms with Gasteiger partial charge in [-0.1, -0.05) is 0 Å². The minimum absolute atomic E-state index is 0.333. The van der Waals surface area contributed by atoms with E-state index in [0.29, 0.717) is 29.4 Å². The maximum atomic E-state index is 11.3. The van der Waals surface area contributed by atoms with Gasteiger partial charge in [0.2, 0.25) is 0 Å². The Labute approximate surface area is 112 Å². The van der Waals surface area contributed by atoms with Crippen LogP contribution in [0.5, 0.6) is 17.2 Å². The summed E-state index contributed by atoms with van der Waals surface area (Å²) in [7, 11) is 4.63. The van der Waals surface area contributed by atoms with E-state index < -0.39 is 5.97 Å². The molecule has 0 aliphatic heterocycles. The molecule has 5 heteroatoms. The molecule has 0 fully saturated rings. The highest BCUT2D eigenvalue weighted by atomic mass is 16.5. The lowest BCUT2D eigenvalue weighted by Gasteiger charge is -2.12. The molecule has 0 heterocycles. The van der Waals surface area contributed by atoms with E-state index in [0.717, 1.165) is 0 Å². The number of hydrogen-bond acceptors (Lipinski definition) is 5. The quantitative estimate of drug-likeness (QED) is 0.584. The third-order valence-electron chi connectivity index (χ3n) is 2.43. The molecule has 0 saturated heterocycles. The monoisotopic (exact) mass is 266 g/mol. The van der Waals surface area contributed by atoms with Crippen LogP contribution in [0.2, 0.25) is 0 Å². The molecule has 0 spiro atoms. The largest absolute Gasteiger partial charge is 0.496 e. The van der Waals surface area contributed by atoms with Gasteiger partial charge in [-0.15, -0.1) is 0 Å². The van der Waals surface area contributed by atoms with E-state index in [2.05, 4.69) is 0 Å². The lowest BCUT2D eigenvalue weighted by Crippen LogP contribution is -1.99. The second kappa shape index (κ2) is 7.31. The van der Waals surface area contributed by atoms with Gasteiger partial charge < -0.3 is 18.9 Å². The lowest BCUT2D eigenvalue weighted by atomic mass is 10.1. The van der Waals surface area contributed by atoms with E-state index in [-0.39, 0.29) is 0 Å². The molecule has 0 bridgehead atoms. The van der Waals surface area contributed by atoms with Crippen LogP contribution in [0.3, 0.4) is 0 Å². The number of esters is 1. The van der Waals surface area contributed by atoms with Crippen LogP contribution >= 0.6 is 0 Å². The van der Waals surface area contributed by atoms with Crippen LogP contribution < -0.4 is 14.2 Å². The summed E-state index contributed by atoms with van der Waals surface area (Å²) in [6, 6.07) is 3.43. The molecule has 0 aliphatic rings. The van der Waals surface area contributed by atoms with Gasteiger partial charge in [-0.3, -0.25) is 0 Å². The predicted molar refractivity (Wildman–Crippen MR) is 71.8 cm³/mol. The molecular formula is C14H18O5. The van der Waals surface area contributed by atoms with Crippen LogP contribution in [0.15, 0.2) is 18.2 Å². The van der Waals surface area contributed by atoms with Crippen molar-refractivity contribution in [2.24, 2.45) is 0 Å². The fourth-order valence-electron chi connectivity index (χ4n) is 1.54. The van der Waals surface area contributed by atoms with Gasteiger partial charge in [-0.25, -0.2) is 4.79 Å². The average molecular weight is 266 g/mol. The Kier molecular flexibility index (Phi) is 5.73. The fraction of sp³-hybridized carbons (Fsp3) is 0.357. The highest BCUT2D eigenvalue weighted by molar-refractivity contribution is 5.88. The molecular weight excluding hydrogens is 248 g/mol. The first kappa shape index (κ1) is 14.9. The Morgan fingerprint density at radius 3 is 2.11 bits per heavy atom. The van der Waals surface area contributed by atoms with Crippen LogP contribution in [0.25, 0.3) is 6.08 Å². The average Bonchev–Trinajstić information content (AvgIpc) is 2.44. The van der Waals surface area contributed by atoms with Crippen molar-refractivity contribution in [2.75, 3.05) is 27.9 Å². The van der Waals surface area contributed by atoms with Crippen molar-refractivity contribution in [2.45, 2.75) is 6.92 Å². The second-order valence-corrected chi connectivity index (χ2v) is 3.53. The topological polar surface area (TPSA) is 54.0 Å². The first-order chi connectivity index (χ1) is 9.15. The molecule has 1 rings (SSSR count). The predicted octanol–water partition coefficient (Wildman–Crippen LogP) is 2.29. The SMILES string of the molecule is CCOC(=O)/C=C\c1c(OC)cc(OC)cc1OC. The minimum atomic E-state index is -0.414. The van der Waals surface area contributed by atoms with Gasteiger partial charge in [0.05, 0.1) is 33.5 Å². The molecule has 0 amide bonds. The summed E-state index contributed by atoms with van der Waals surface area (Å²) < 4.78 is 20.5. The van der Waals surface area contributed by atoms with Gasteiger partial charge >= 0.3 is 5.97 Å². The zero-order chi connectivity index (χ0) is 14.3. The molecule has 0 atom stereocenters. The van der Waals surface area contributed by atoms with Gasteiger partial charge in [-0.2, -0.15) is 0 Å². The van der Waals surface area contributed by atoms with Crippen molar-refractivity contribution in [3.8, 4) is 17.2 Å². The van der Waals surface area contributed by atoms with Gasteiger partial charge in [0.1, 0.15) is 17.2 Å². The summed E-state index contributed by atoms with van der Waals surface area (Å²) in [5.74, 6) is 1.30. The normalized spacial score (nSPS) is 10.3. The Balaban J connectivity index is 3.13. The van der Waals surface area contributed by atoms with E-state index in [4.69, 9.17) is 18.9 Å². The zero-order valence-electron chi connectivity index (χ0n) is 11.6. The fourth-order valence-corrected chi connectivity index (χ4v) is 1.54. The number of rotatable bonds is 6. The van der Waals surface area contributed by atoms with Crippen LogP contribution in [0.1, 0.15) is 12.5 Å². The number of hydrogen-bond donors (Lipinski definition) is 0. The van der Waals surface area contributed by atoms with E-state index in [1.54, 1.807) is 32.2 Å². The summed E-state index contributed by atoms with van der Waals surface area (Å²) in [5.41, 5.74) is 0.652. The molecule has 0 radical (unpaired) electrons. The van der Waals surface area contributed by atoms with E-state index in [1.165, 1.54) is 20.3 Å². The van der Waals surface area contributed by atoms with Crippen molar-refractivity contribution in [1.29, 1.82) is 0 Å². The summed E-state index contributed by atoms with van der Waals surface area (Å²) >= 11 is 0. The number of methoxy groups -OCH3 is 3. The molecule has 5 nitrogen and oxygen atoms in total. The Morgan fingerprint density at radius 1 is 1.11 bits per heavy atom. The third kappa shape index (κ3) is 3.91. The number of carbonyl (C=O) groups is 1. The summed E-state index contributed by atoms with van der Waals surface area (Å²) in [5, 5.41) is 0. The van der Waals surface area contributed by atoms with Crippen LogP contribution in [-0.4, -0.2) is 33.9 Å². The van der Waals surface area contributed by atoms with Crippen molar-refractivity contribution < 1.29 is 23.7 Å². The molecule has 104 valence electrons. The number of benzene rings is 1. The molecule has 0 N–H and O–H groups in total. The van der Waals surface area contributed by atoms with Crippen LogP contribution in [-0.2, 0) is 9.53 Å². The molecule has 0 unspecified atom stereocenters. The van der Waals surface area contributed by atoms with Crippen LogP contribution in [0, 0.1) is 0 Å². The molecule has 0 aliphatic carbocycles. The van der Waals surface area contributed by atoms with Crippen molar-refractivity contribution in [3.63, 3.8) is 0 Å². The van der Waals surface area contributed by atoms with Gasteiger partial charge in [-0.05, 0) is 13.0 Å². The minimum Gasteiger partial charge on any atom is -0.496 e. The molecule has 0 saturated carbocycles. The maximum Gasteiger partial charge on any atom is 0.330 e. The van der Waals surface area contributed by atoms with E-state index in [9.17, 15) is 4.79 Å². The third-order valence-corrected chi connectivity index (χ3v) is 2.43. The first-order valence-corrected chi connectivity index (χ1v) is 5.81. The Hall–Kier alpha value is -2.17. The lowest BCUT2D eigenvalue weighted by molar-refractivity contribution is -0.137.